The Labute approximate surface area is 116 Å². The summed E-state index contributed by atoms with van der Waals surface area (Å²) < 4.78 is 0. The van der Waals surface area contributed by atoms with Crippen LogP contribution in [0.15, 0.2) is 18.2 Å². The average Bonchev–Trinajstić information content (AvgIpc) is 2.86. The molecule has 102 valence electrons. The van der Waals surface area contributed by atoms with E-state index in [4.69, 9.17) is 11.6 Å². The Kier molecular flexibility index (Phi) is 4.04. The van der Waals surface area contributed by atoms with Crippen LogP contribution in [0.5, 0.6) is 0 Å². The molecule has 0 saturated carbocycles. The van der Waals surface area contributed by atoms with Gasteiger partial charge in [-0.3, -0.25) is 14.9 Å². The number of nitro groups is 1. The van der Waals surface area contributed by atoms with Crippen LogP contribution < -0.4 is 0 Å². The summed E-state index contributed by atoms with van der Waals surface area (Å²) in [6.45, 7) is 2.27. The van der Waals surface area contributed by atoms with Crippen molar-refractivity contribution in [3.63, 3.8) is 0 Å². The van der Waals surface area contributed by atoms with Crippen LogP contribution in [-0.4, -0.2) is 34.2 Å². The number of nitro benzene ring substituents is 1. The predicted molar refractivity (Wildman–Crippen MR) is 72.6 cm³/mol. The Morgan fingerprint density at radius 2 is 2.32 bits per heavy atom. The fourth-order valence-electron chi connectivity index (χ4n) is 2.47. The lowest BCUT2D eigenvalue weighted by Crippen LogP contribution is -2.36. The quantitative estimate of drug-likeness (QED) is 0.486. The first-order valence-corrected chi connectivity index (χ1v) is 6.70. The SMILES string of the molecule is Cc1c(C(=O)N2CCCC2CCl)cccc1[N+](=O)[O-]. The second kappa shape index (κ2) is 5.57. The predicted octanol–water partition coefficient (Wildman–Crippen LogP) is 2.75. The molecule has 1 aromatic rings. The van der Waals surface area contributed by atoms with Gasteiger partial charge in [0.1, 0.15) is 0 Å². The van der Waals surface area contributed by atoms with E-state index in [1.54, 1.807) is 24.0 Å². The smallest absolute Gasteiger partial charge is 0.273 e. The fourth-order valence-corrected chi connectivity index (χ4v) is 2.79. The van der Waals surface area contributed by atoms with Gasteiger partial charge in [0.05, 0.1) is 4.92 Å². The minimum atomic E-state index is -0.463. The first kappa shape index (κ1) is 13.8. The molecular formula is C13H15ClN2O3. The number of hydrogen-bond donors (Lipinski definition) is 0. The van der Waals surface area contributed by atoms with Crippen LogP contribution in [0.4, 0.5) is 5.69 Å². The van der Waals surface area contributed by atoms with Gasteiger partial charge in [-0.05, 0) is 25.8 Å². The molecule has 0 N–H and O–H groups in total. The van der Waals surface area contributed by atoms with Gasteiger partial charge in [0, 0.05) is 35.7 Å². The number of hydrogen-bond acceptors (Lipinski definition) is 3. The highest BCUT2D eigenvalue weighted by atomic mass is 35.5. The van der Waals surface area contributed by atoms with Crippen LogP contribution in [0.1, 0.15) is 28.8 Å². The third-order valence-corrected chi connectivity index (χ3v) is 3.90. The molecule has 2 rings (SSSR count). The number of carbonyl (C=O) groups excluding carboxylic acids is 1. The Bertz CT molecular complexity index is 519. The zero-order valence-electron chi connectivity index (χ0n) is 10.6. The summed E-state index contributed by atoms with van der Waals surface area (Å²) in [6, 6.07) is 4.63. The molecule has 1 heterocycles. The Morgan fingerprint density at radius 3 is 2.95 bits per heavy atom. The van der Waals surface area contributed by atoms with Crippen LogP contribution in [0, 0.1) is 17.0 Å². The number of benzene rings is 1. The van der Waals surface area contributed by atoms with Crippen molar-refractivity contribution >= 4 is 23.2 Å². The summed E-state index contributed by atoms with van der Waals surface area (Å²) in [4.78, 5) is 24.6. The molecule has 1 atom stereocenters. The number of alkyl halides is 1. The summed E-state index contributed by atoms with van der Waals surface area (Å²) in [5, 5.41) is 10.9. The van der Waals surface area contributed by atoms with Crippen LogP contribution in [0.2, 0.25) is 0 Å². The summed E-state index contributed by atoms with van der Waals surface area (Å²) in [7, 11) is 0. The molecule has 0 bridgehead atoms. The molecule has 1 fully saturated rings. The number of carbonyl (C=O) groups is 1. The van der Waals surface area contributed by atoms with Crippen molar-refractivity contribution in [1.29, 1.82) is 0 Å². The highest BCUT2D eigenvalue weighted by Gasteiger charge is 2.30. The molecular weight excluding hydrogens is 268 g/mol. The lowest BCUT2D eigenvalue weighted by molar-refractivity contribution is -0.385. The van der Waals surface area contributed by atoms with Crippen molar-refractivity contribution in [2.75, 3.05) is 12.4 Å². The van der Waals surface area contributed by atoms with Crippen molar-refractivity contribution in [1.82, 2.24) is 4.90 Å². The van der Waals surface area contributed by atoms with E-state index < -0.39 is 4.92 Å². The maximum atomic E-state index is 12.5. The van der Waals surface area contributed by atoms with E-state index >= 15 is 0 Å². The van der Waals surface area contributed by atoms with E-state index in [0.29, 0.717) is 23.6 Å². The average molecular weight is 283 g/mol. The van der Waals surface area contributed by atoms with Crippen LogP contribution in [0.3, 0.4) is 0 Å². The number of halogens is 1. The summed E-state index contributed by atoms with van der Waals surface area (Å²) >= 11 is 5.85. The zero-order chi connectivity index (χ0) is 14.0. The number of nitrogens with zero attached hydrogens (tertiary/aromatic N) is 2. The molecule has 0 spiro atoms. The Morgan fingerprint density at radius 1 is 1.58 bits per heavy atom. The van der Waals surface area contributed by atoms with Gasteiger partial charge in [0.2, 0.25) is 0 Å². The van der Waals surface area contributed by atoms with Crippen molar-refractivity contribution in [2.24, 2.45) is 0 Å². The second-order valence-corrected chi connectivity index (χ2v) is 4.96. The first-order valence-electron chi connectivity index (χ1n) is 6.17. The van der Waals surface area contributed by atoms with Gasteiger partial charge in [-0.25, -0.2) is 0 Å². The molecule has 6 heteroatoms. The highest BCUT2D eigenvalue weighted by molar-refractivity contribution is 6.18. The normalized spacial score (nSPS) is 18.6. The van der Waals surface area contributed by atoms with Gasteiger partial charge in [-0.2, -0.15) is 0 Å². The lowest BCUT2D eigenvalue weighted by atomic mass is 10.1. The molecule has 1 aromatic carbocycles. The molecule has 1 aliphatic rings. The van der Waals surface area contributed by atoms with Crippen molar-refractivity contribution in [2.45, 2.75) is 25.8 Å². The van der Waals surface area contributed by atoms with Gasteiger partial charge in [-0.15, -0.1) is 11.6 Å². The fraction of sp³-hybridized carbons (Fsp3) is 0.462. The Hall–Kier alpha value is -1.62. The number of rotatable bonds is 3. The minimum Gasteiger partial charge on any atom is -0.334 e. The molecule has 19 heavy (non-hydrogen) atoms. The molecule has 1 unspecified atom stereocenters. The van der Waals surface area contributed by atoms with Crippen LogP contribution in [0.25, 0.3) is 0 Å². The molecule has 0 aliphatic carbocycles. The molecule has 1 amide bonds. The zero-order valence-corrected chi connectivity index (χ0v) is 11.4. The van der Waals surface area contributed by atoms with E-state index in [1.165, 1.54) is 6.07 Å². The van der Waals surface area contributed by atoms with Gasteiger partial charge in [0.15, 0.2) is 0 Å². The van der Waals surface area contributed by atoms with Crippen LogP contribution in [-0.2, 0) is 0 Å². The lowest BCUT2D eigenvalue weighted by Gasteiger charge is -2.23. The second-order valence-electron chi connectivity index (χ2n) is 4.66. The maximum absolute atomic E-state index is 12.5. The molecule has 1 aliphatic heterocycles. The van der Waals surface area contributed by atoms with E-state index in [2.05, 4.69) is 0 Å². The minimum absolute atomic E-state index is 0.0209. The molecule has 0 radical (unpaired) electrons. The van der Waals surface area contributed by atoms with Gasteiger partial charge >= 0.3 is 0 Å². The third kappa shape index (κ3) is 2.56. The van der Waals surface area contributed by atoms with E-state index in [1.807, 2.05) is 0 Å². The van der Waals surface area contributed by atoms with E-state index in [-0.39, 0.29) is 17.6 Å². The topological polar surface area (TPSA) is 63.5 Å². The summed E-state index contributed by atoms with van der Waals surface area (Å²) in [5.41, 5.74) is 0.788. The summed E-state index contributed by atoms with van der Waals surface area (Å²) in [6.07, 6.45) is 1.82. The number of amides is 1. The van der Waals surface area contributed by atoms with Crippen molar-refractivity contribution in [3.8, 4) is 0 Å². The molecule has 5 nitrogen and oxygen atoms in total. The standard InChI is InChI=1S/C13H15ClN2O3/c1-9-11(5-2-6-12(9)16(18)19)13(17)15-7-3-4-10(15)8-14/h2,5-6,10H,3-4,7-8H2,1H3. The number of likely N-dealkylation sites (tertiary alicyclic amines) is 1. The monoisotopic (exact) mass is 282 g/mol. The van der Waals surface area contributed by atoms with Crippen molar-refractivity contribution < 1.29 is 9.72 Å². The largest absolute Gasteiger partial charge is 0.334 e. The van der Waals surface area contributed by atoms with E-state index in [0.717, 1.165) is 12.8 Å². The van der Waals surface area contributed by atoms with Gasteiger partial charge in [-0.1, -0.05) is 6.07 Å². The van der Waals surface area contributed by atoms with Crippen molar-refractivity contribution in [3.05, 3.63) is 39.4 Å². The summed E-state index contributed by atoms with van der Waals surface area (Å²) in [5.74, 6) is 0.240. The highest BCUT2D eigenvalue weighted by Crippen LogP contribution is 2.26. The molecule has 0 aromatic heterocycles. The molecule has 1 saturated heterocycles. The Balaban J connectivity index is 2.34. The van der Waals surface area contributed by atoms with E-state index in [9.17, 15) is 14.9 Å². The van der Waals surface area contributed by atoms with Gasteiger partial charge in [0.25, 0.3) is 11.6 Å². The van der Waals surface area contributed by atoms with Crippen LogP contribution >= 0.6 is 11.6 Å². The third-order valence-electron chi connectivity index (χ3n) is 3.55. The first-order chi connectivity index (χ1) is 9.06. The maximum Gasteiger partial charge on any atom is 0.273 e. The van der Waals surface area contributed by atoms with Gasteiger partial charge < -0.3 is 4.90 Å².